The molecule has 13 heavy (non-hydrogen) atoms. The topological polar surface area (TPSA) is 26.0 Å². The highest BCUT2D eigenvalue weighted by Crippen LogP contribution is 2.39. The molecule has 1 aromatic rings. The molecule has 0 amide bonds. The normalized spacial score (nSPS) is 18.0. The summed E-state index contributed by atoms with van der Waals surface area (Å²) < 4.78 is 0. The van der Waals surface area contributed by atoms with E-state index in [-0.39, 0.29) is 18.4 Å². The van der Waals surface area contributed by atoms with Gasteiger partial charge in [0.15, 0.2) is 0 Å². The summed E-state index contributed by atoms with van der Waals surface area (Å²) in [6, 6.07) is 2.10. The van der Waals surface area contributed by atoms with Crippen LogP contribution in [0.2, 0.25) is 5.02 Å². The van der Waals surface area contributed by atoms with E-state index in [1.807, 2.05) is 11.4 Å². The summed E-state index contributed by atoms with van der Waals surface area (Å²) >= 11 is 7.64. The van der Waals surface area contributed by atoms with Crippen LogP contribution in [0, 0.1) is 5.92 Å². The van der Waals surface area contributed by atoms with Gasteiger partial charge in [-0.25, -0.2) is 0 Å². The van der Waals surface area contributed by atoms with Crippen molar-refractivity contribution in [2.24, 2.45) is 11.7 Å². The minimum absolute atomic E-state index is 0. The molecule has 0 radical (unpaired) electrons. The third-order valence-corrected chi connectivity index (χ3v) is 3.76. The lowest BCUT2D eigenvalue weighted by Crippen LogP contribution is -2.09. The van der Waals surface area contributed by atoms with E-state index in [0.29, 0.717) is 0 Å². The molecular weight excluding hydrogens is 225 g/mol. The standard InChI is InChI=1S/C9H12ClNS.ClH/c10-7-3-4-12-9(7)8(11)5-6-1-2-6;/h3-4,6,8H,1-2,5,11H2;1H/t8-;/m1./s1. The second-order valence-electron chi connectivity index (χ2n) is 3.42. The molecule has 1 heterocycles. The summed E-state index contributed by atoms with van der Waals surface area (Å²) in [5.41, 5.74) is 6.01. The molecule has 4 heteroatoms. The van der Waals surface area contributed by atoms with Gasteiger partial charge in [0, 0.05) is 10.9 Å². The SMILES string of the molecule is Cl.N[C@H](CC1CC1)c1sccc1Cl. The molecular formula is C9H13Cl2NS. The molecule has 0 bridgehead atoms. The maximum atomic E-state index is 6.01. The lowest BCUT2D eigenvalue weighted by Gasteiger charge is -2.08. The second kappa shape index (κ2) is 4.65. The van der Waals surface area contributed by atoms with Crippen molar-refractivity contribution < 1.29 is 0 Å². The van der Waals surface area contributed by atoms with Crippen LogP contribution in [-0.4, -0.2) is 0 Å². The number of hydrogen-bond donors (Lipinski definition) is 1. The average Bonchev–Trinajstić information content (AvgIpc) is 2.72. The highest BCUT2D eigenvalue weighted by atomic mass is 35.5. The summed E-state index contributed by atoms with van der Waals surface area (Å²) in [6.07, 6.45) is 3.83. The Hall–Kier alpha value is 0.240. The van der Waals surface area contributed by atoms with Crippen molar-refractivity contribution in [3.05, 3.63) is 21.3 Å². The first-order valence-electron chi connectivity index (χ1n) is 4.26. The Morgan fingerprint density at radius 3 is 2.77 bits per heavy atom. The molecule has 1 nitrogen and oxygen atoms in total. The van der Waals surface area contributed by atoms with Crippen molar-refractivity contribution in [2.45, 2.75) is 25.3 Å². The molecule has 2 N–H and O–H groups in total. The van der Waals surface area contributed by atoms with Crippen molar-refractivity contribution in [3.8, 4) is 0 Å². The molecule has 0 saturated heterocycles. The molecule has 1 aliphatic carbocycles. The van der Waals surface area contributed by atoms with Crippen LogP contribution in [0.3, 0.4) is 0 Å². The van der Waals surface area contributed by atoms with E-state index in [1.54, 1.807) is 11.3 Å². The fourth-order valence-electron chi connectivity index (χ4n) is 1.39. The van der Waals surface area contributed by atoms with Crippen molar-refractivity contribution in [2.75, 3.05) is 0 Å². The molecule has 2 rings (SSSR count). The maximum absolute atomic E-state index is 6.01. The average molecular weight is 238 g/mol. The van der Waals surface area contributed by atoms with E-state index in [1.165, 1.54) is 12.8 Å². The fourth-order valence-corrected chi connectivity index (χ4v) is 2.60. The Kier molecular flexibility index (Phi) is 4.05. The van der Waals surface area contributed by atoms with E-state index in [4.69, 9.17) is 17.3 Å². The lowest BCUT2D eigenvalue weighted by molar-refractivity contribution is 0.605. The van der Waals surface area contributed by atoms with Crippen LogP contribution in [0.15, 0.2) is 11.4 Å². The Bertz CT molecular complexity index is 270. The Morgan fingerprint density at radius 1 is 1.62 bits per heavy atom. The smallest absolute Gasteiger partial charge is 0.0561 e. The Balaban J connectivity index is 0.000000845. The summed E-state index contributed by atoms with van der Waals surface area (Å²) in [4.78, 5) is 1.16. The van der Waals surface area contributed by atoms with Crippen LogP contribution in [-0.2, 0) is 0 Å². The number of thiophene rings is 1. The van der Waals surface area contributed by atoms with E-state index in [0.717, 1.165) is 22.2 Å². The first kappa shape index (κ1) is 11.3. The van der Waals surface area contributed by atoms with E-state index in [9.17, 15) is 0 Å². The van der Waals surface area contributed by atoms with E-state index < -0.39 is 0 Å². The number of nitrogens with two attached hydrogens (primary N) is 1. The molecule has 1 aromatic heterocycles. The lowest BCUT2D eigenvalue weighted by atomic mass is 10.1. The highest BCUT2D eigenvalue weighted by Gasteiger charge is 2.25. The van der Waals surface area contributed by atoms with Crippen molar-refractivity contribution in [3.63, 3.8) is 0 Å². The minimum atomic E-state index is 0. The molecule has 1 saturated carbocycles. The summed E-state index contributed by atoms with van der Waals surface area (Å²) in [6.45, 7) is 0. The molecule has 1 aliphatic rings. The molecule has 1 atom stereocenters. The second-order valence-corrected chi connectivity index (χ2v) is 4.77. The van der Waals surface area contributed by atoms with Gasteiger partial charge in [0.05, 0.1) is 5.02 Å². The van der Waals surface area contributed by atoms with Crippen LogP contribution in [0.5, 0.6) is 0 Å². The maximum Gasteiger partial charge on any atom is 0.0561 e. The van der Waals surface area contributed by atoms with Gasteiger partial charge in [-0.15, -0.1) is 23.7 Å². The van der Waals surface area contributed by atoms with Crippen molar-refractivity contribution in [1.82, 2.24) is 0 Å². The van der Waals surface area contributed by atoms with Gasteiger partial charge < -0.3 is 5.73 Å². The monoisotopic (exact) mass is 237 g/mol. The highest BCUT2D eigenvalue weighted by molar-refractivity contribution is 7.10. The number of rotatable bonds is 3. The zero-order chi connectivity index (χ0) is 8.55. The molecule has 74 valence electrons. The minimum Gasteiger partial charge on any atom is -0.323 e. The zero-order valence-corrected chi connectivity index (χ0v) is 9.59. The van der Waals surface area contributed by atoms with Gasteiger partial charge in [0.1, 0.15) is 0 Å². The molecule has 0 aliphatic heterocycles. The predicted molar refractivity (Wildman–Crippen MR) is 60.8 cm³/mol. The Labute approximate surface area is 93.7 Å². The van der Waals surface area contributed by atoms with E-state index in [2.05, 4.69) is 0 Å². The van der Waals surface area contributed by atoms with Crippen LogP contribution in [0.4, 0.5) is 0 Å². The quantitative estimate of drug-likeness (QED) is 0.855. The van der Waals surface area contributed by atoms with Gasteiger partial charge >= 0.3 is 0 Å². The van der Waals surface area contributed by atoms with Gasteiger partial charge in [-0.05, 0) is 23.8 Å². The van der Waals surface area contributed by atoms with Crippen LogP contribution in [0.1, 0.15) is 30.2 Å². The fraction of sp³-hybridized carbons (Fsp3) is 0.556. The Morgan fingerprint density at radius 2 is 2.31 bits per heavy atom. The third-order valence-electron chi connectivity index (χ3n) is 2.27. The van der Waals surface area contributed by atoms with Gasteiger partial charge in [-0.1, -0.05) is 24.4 Å². The van der Waals surface area contributed by atoms with Gasteiger partial charge in [-0.3, -0.25) is 0 Å². The van der Waals surface area contributed by atoms with Gasteiger partial charge in [0.2, 0.25) is 0 Å². The number of halogens is 2. The van der Waals surface area contributed by atoms with Crippen LogP contribution >= 0.6 is 35.3 Å². The molecule has 0 aromatic carbocycles. The van der Waals surface area contributed by atoms with E-state index >= 15 is 0 Å². The van der Waals surface area contributed by atoms with Crippen molar-refractivity contribution >= 4 is 35.3 Å². The molecule has 0 unspecified atom stereocenters. The molecule has 1 fully saturated rings. The third kappa shape index (κ3) is 2.84. The van der Waals surface area contributed by atoms with Gasteiger partial charge in [-0.2, -0.15) is 0 Å². The first-order valence-corrected chi connectivity index (χ1v) is 5.51. The predicted octanol–water partition coefficient (Wildman–Crippen LogP) is 3.62. The van der Waals surface area contributed by atoms with Gasteiger partial charge in [0.25, 0.3) is 0 Å². The van der Waals surface area contributed by atoms with Crippen molar-refractivity contribution in [1.29, 1.82) is 0 Å². The van der Waals surface area contributed by atoms with Crippen LogP contribution < -0.4 is 5.73 Å². The van der Waals surface area contributed by atoms with Crippen LogP contribution in [0.25, 0.3) is 0 Å². The first-order chi connectivity index (χ1) is 5.77. The zero-order valence-electron chi connectivity index (χ0n) is 7.20. The molecule has 0 spiro atoms. The summed E-state index contributed by atoms with van der Waals surface area (Å²) in [7, 11) is 0. The number of hydrogen-bond acceptors (Lipinski definition) is 2. The summed E-state index contributed by atoms with van der Waals surface area (Å²) in [5, 5.41) is 2.85. The largest absolute Gasteiger partial charge is 0.323 e. The summed E-state index contributed by atoms with van der Waals surface area (Å²) in [5.74, 6) is 0.873.